The van der Waals surface area contributed by atoms with Crippen LogP contribution in [0.1, 0.15) is 39.0 Å². The maximum atomic E-state index is 11.3. The Kier molecular flexibility index (Phi) is 5.71. The van der Waals surface area contributed by atoms with Gasteiger partial charge in [0.2, 0.25) is 0 Å². The summed E-state index contributed by atoms with van der Waals surface area (Å²) in [5.74, 6) is 0.641. The minimum atomic E-state index is -0.0862. The Bertz CT molecular complexity index is 411. The highest BCUT2D eigenvalue weighted by molar-refractivity contribution is 5.77. The van der Waals surface area contributed by atoms with E-state index < -0.39 is 0 Å². The zero-order valence-electron chi connectivity index (χ0n) is 12.2. The summed E-state index contributed by atoms with van der Waals surface area (Å²) in [6, 6.07) is 8.45. The van der Waals surface area contributed by atoms with E-state index in [0.717, 1.165) is 11.4 Å². The number of hydrogen-bond donors (Lipinski definition) is 2. The molecule has 0 heterocycles. The van der Waals surface area contributed by atoms with Gasteiger partial charge < -0.3 is 15.4 Å². The minimum absolute atomic E-state index is 0.0727. The van der Waals surface area contributed by atoms with Gasteiger partial charge in [0.05, 0.1) is 0 Å². The van der Waals surface area contributed by atoms with E-state index in [0.29, 0.717) is 12.6 Å². The second kappa shape index (κ2) is 7.78. The van der Waals surface area contributed by atoms with Crippen molar-refractivity contribution in [2.75, 3.05) is 18.5 Å². The predicted molar refractivity (Wildman–Crippen MR) is 81.1 cm³/mol. The largest absolute Gasteiger partial charge is 0.484 e. The SMILES string of the molecule is CCNC(=O)COc1ccc(NC2CCCCC2)cc1. The molecule has 4 nitrogen and oxygen atoms in total. The van der Waals surface area contributed by atoms with Crippen molar-refractivity contribution in [2.45, 2.75) is 45.1 Å². The lowest BCUT2D eigenvalue weighted by Crippen LogP contribution is -2.28. The number of benzene rings is 1. The first-order chi connectivity index (χ1) is 9.78. The van der Waals surface area contributed by atoms with E-state index in [1.165, 1.54) is 32.1 Å². The highest BCUT2D eigenvalue weighted by Crippen LogP contribution is 2.23. The van der Waals surface area contributed by atoms with Crippen LogP contribution in [0.3, 0.4) is 0 Å². The Morgan fingerprint density at radius 2 is 1.90 bits per heavy atom. The van der Waals surface area contributed by atoms with Crippen molar-refractivity contribution in [1.29, 1.82) is 0 Å². The lowest BCUT2D eigenvalue weighted by molar-refractivity contribution is -0.122. The Balaban J connectivity index is 1.78. The molecule has 20 heavy (non-hydrogen) atoms. The minimum Gasteiger partial charge on any atom is -0.484 e. The summed E-state index contributed by atoms with van der Waals surface area (Å²) < 4.78 is 5.43. The number of ether oxygens (including phenoxy) is 1. The number of rotatable bonds is 6. The number of amides is 1. The normalized spacial score (nSPS) is 15.7. The van der Waals surface area contributed by atoms with Crippen molar-refractivity contribution in [3.63, 3.8) is 0 Å². The Morgan fingerprint density at radius 1 is 1.20 bits per heavy atom. The van der Waals surface area contributed by atoms with E-state index in [4.69, 9.17) is 4.74 Å². The van der Waals surface area contributed by atoms with Gasteiger partial charge in [0, 0.05) is 18.3 Å². The van der Waals surface area contributed by atoms with Crippen LogP contribution in [0.2, 0.25) is 0 Å². The van der Waals surface area contributed by atoms with Crippen LogP contribution in [0.5, 0.6) is 5.75 Å². The molecule has 1 aromatic carbocycles. The van der Waals surface area contributed by atoms with Gasteiger partial charge in [0.25, 0.3) is 5.91 Å². The topological polar surface area (TPSA) is 50.4 Å². The molecule has 1 fully saturated rings. The Hall–Kier alpha value is -1.71. The first-order valence-corrected chi connectivity index (χ1v) is 7.54. The number of anilines is 1. The van der Waals surface area contributed by atoms with E-state index in [-0.39, 0.29) is 12.5 Å². The van der Waals surface area contributed by atoms with Crippen LogP contribution in [0.4, 0.5) is 5.69 Å². The molecular weight excluding hydrogens is 252 g/mol. The molecule has 0 bridgehead atoms. The van der Waals surface area contributed by atoms with E-state index in [1.54, 1.807) is 0 Å². The van der Waals surface area contributed by atoms with Crippen molar-refractivity contribution in [2.24, 2.45) is 0 Å². The van der Waals surface area contributed by atoms with Gasteiger partial charge in [-0.1, -0.05) is 19.3 Å². The lowest BCUT2D eigenvalue weighted by atomic mass is 9.95. The van der Waals surface area contributed by atoms with Crippen LogP contribution < -0.4 is 15.4 Å². The molecule has 0 aromatic heterocycles. The second-order valence-corrected chi connectivity index (χ2v) is 5.25. The van der Waals surface area contributed by atoms with Crippen molar-refractivity contribution in [3.05, 3.63) is 24.3 Å². The van der Waals surface area contributed by atoms with Crippen LogP contribution in [0.15, 0.2) is 24.3 Å². The summed E-state index contributed by atoms with van der Waals surface area (Å²) in [6.07, 6.45) is 6.53. The van der Waals surface area contributed by atoms with E-state index in [1.807, 2.05) is 31.2 Å². The number of hydrogen-bond acceptors (Lipinski definition) is 3. The van der Waals surface area contributed by atoms with Gasteiger partial charge >= 0.3 is 0 Å². The zero-order valence-corrected chi connectivity index (χ0v) is 12.2. The van der Waals surface area contributed by atoms with Crippen molar-refractivity contribution < 1.29 is 9.53 Å². The molecule has 1 aliphatic rings. The smallest absolute Gasteiger partial charge is 0.257 e. The summed E-state index contributed by atoms with van der Waals surface area (Å²) in [5, 5.41) is 6.26. The van der Waals surface area contributed by atoms with Crippen LogP contribution in [-0.4, -0.2) is 25.1 Å². The molecule has 2 N–H and O–H groups in total. The summed E-state index contributed by atoms with van der Waals surface area (Å²) in [5.41, 5.74) is 1.13. The highest BCUT2D eigenvalue weighted by atomic mass is 16.5. The molecule has 1 aromatic rings. The van der Waals surface area contributed by atoms with Gasteiger partial charge in [-0.3, -0.25) is 4.79 Å². The van der Waals surface area contributed by atoms with Crippen LogP contribution in [-0.2, 0) is 4.79 Å². The third-order valence-electron chi connectivity index (χ3n) is 3.57. The molecule has 1 saturated carbocycles. The highest BCUT2D eigenvalue weighted by Gasteiger charge is 2.12. The third kappa shape index (κ3) is 4.76. The maximum Gasteiger partial charge on any atom is 0.257 e. The number of carbonyl (C=O) groups excluding carboxylic acids is 1. The molecule has 0 atom stereocenters. The molecule has 1 aliphatic carbocycles. The lowest BCUT2D eigenvalue weighted by Gasteiger charge is -2.23. The van der Waals surface area contributed by atoms with Crippen LogP contribution in [0, 0.1) is 0 Å². The van der Waals surface area contributed by atoms with Gasteiger partial charge in [-0.15, -0.1) is 0 Å². The molecule has 0 unspecified atom stereocenters. The molecule has 0 saturated heterocycles. The summed E-state index contributed by atoms with van der Waals surface area (Å²) in [4.78, 5) is 11.3. The average Bonchev–Trinajstić information content (AvgIpc) is 2.48. The second-order valence-electron chi connectivity index (χ2n) is 5.25. The Morgan fingerprint density at radius 3 is 2.55 bits per heavy atom. The molecular formula is C16H24N2O2. The van der Waals surface area contributed by atoms with E-state index in [9.17, 15) is 4.79 Å². The van der Waals surface area contributed by atoms with Gasteiger partial charge in [-0.05, 0) is 44.0 Å². The van der Waals surface area contributed by atoms with E-state index in [2.05, 4.69) is 10.6 Å². The summed E-state index contributed by atoms with van der Waals surface area (Å²) in [6.45, 7) is 2.60. The fourth-order valence-electron chi connectivity index (χ4n) is 2.53. The summed E-state index contributed by atoms with van der Waals surface area (Å²) in [7, 11) is 0. The fraction of sp³-hybridized carbons (Fsp3) is 0.562. The van der Waals surface area contributed by atoms with Gasteiger partial charge in [0.15, 0.2) is 6.61 Å². The molecule has 4 heteroatoms. The molecule has 0 aliphatic heterocycles. The molecule has 1 amide bonds. The van der Waals surface area contributed by atoms with E-state index >= 15 is 0 Å². The predicted octanol–water partition coefficient (Wildman–Crippen LogP) is 2.95. The fourth-order valence-corrected chi connectivity index (χ4v) is 2.53. The molecule has 2 rings (SSSR count). The van der Waals surface area contributed by atoms with Crippen LogP contribution in [0.25, 0.3) is 0 Å². The first-order valence-electron chi connectivity index (χ1n) is 7.54. The van der Waals surface area contributed by atoms with Crippen molar-refractivity contribution in [1.82, 2.24) is 5.32 Å². The van der Waals surface area contributed by atoms with Gasteiger partial charge in [-0.2, -0.15) is 0 Å². The number of carbonyl (C=O) groups is 1. The van der Waals surface area contributed by atoms with Crippen LogP contribution >= 0.6 is 0 Å². The first kappa shape index (κ1) is 14.7. The molecule has 0 spiro atoms. The number of nitrogens with one attached hydrogen (secondary N) is 2. The maximum absolute atomic E-state index is 11.3. The van der Waals surface area contributed by atoms with Crippen molar-refractivity contribution >= 4 is 11.6 Å². The van der Waals surface area contributed by atoms with Gasteiger partial charge in [0.1, 0.15) is 5.75 Å². The molecule has 0 radical (unpaired) electrons. The zero-order chi connectivity index (χ0) is 14.2. The third-order valence-corrected chi connectivity index (χ3v) is 3.57. The molecule has 110 valence electrons. The quantitative estimate of drug-likeness (QED) is 0.840. The Labute approximate surface area is 120 Å². The standard InChI is InChI=1S/C16H24N2O2/c1-2-17-16(19)12-20-15-10-8-14(9-11-15)18-13-6-4-3-5-7-13/h8-11,13,18H,2-7,12H2,1H3,(H,17,19). The average molecular weight is 276 g/mol. The van der Waals surface area contributed by atoms with Gasteiger partial charge in [-0.25, -0.2) is 0 Å². The summed E-state index contributed by atoms with van der Waals surface area (Å²) >= 11 is 0. The monoisotopic (exact) mass is 276 g/mol. The number of likely N-dealkylation sites (N-methyl/N-ethyl adjacent to an activating group) is 1. The van der Waals surface area contributed by atoms with Crippen molar-refractivity contribution in [3.8, 4) is 5.75 Å².